The van der Waals surface area contributed by atoms with E-state index in [1.165, 1.54) is 10.5 Å². The number of hydrogen-bond donors (Lipinski definition) is 1. The Bertz CT molecular complexity index is 1150. The van der Waals surface area contributed by atoms with Crippen molar-refractivity contribution in [1.82, 2.24) is 4.98 Å². The van der Waals surface area contributed by atoms with E-state index in [1.807, 2.05) is 49.4 Å². The SMILES string of the molecule is CCCCc1ccc(N2C(=O)C(=O)C(=C(O)c3ccc(C)cc3)[C@@H]2c2cccnc2)cc1. The molecule has 0 unspecified atom stereocenters. The van der Waals surface area contributed by atoms with Crippen LogP contribution >= 0.6 is 0 Å². The van der Waals surface area contributed by atoms with Crippen LogP contribution in [0, 0.1) is 6.92 Å². The summed E-state index contributed by atoms with van der Waals surface area (Å²) in [6.07, 6.45) is 6.43. The summed E-state index contributed by atoms with van der Waals surface area (Å²) in [5.74, 6) is -1.54. The van der Waals surface area contributed by atoms with Gasteiger partial charge in [0.1, 0.15) is 5.76 Å². The fraction of sp³-hybridized carbons (Fsp3) is 0.222. The van der Waals surface area contributed by atoms with E-state index >= 15 is 0 Å². The first-order chi connectivity index (χ1) is 15.5. The lowest BCUT2D eigenvalue weighted by Gasteiger charge is -2.25. The molecule has 1 saturated heterocycles. The molecule has 32 heavy (non-hydrogen) atoms. The van der Waals surface area contributed by atoms with Crippen molar-refractivity contribution in [2.24, 2.45) is 0 Å². The van der Waals surface area contributed by atoms with E-state index in [1.54, 1.807) is 30.6 Å². The van der Waals surface area contributed by atoms with Crippen LogP contribution in [-0.4, -0.2) is 21.8 Å². The van der Waals surface area contributed by atoms with Gasteiger partial charge in [0.2, 0.25) is 0 Å². The summed E-state index contributed by atoms with van der Waals surface area (Å²) in [5, 5.41) is 11.1. The number of carbonyl (C=O) groups is 2. The van der Waals surface area contributed by atoms with Crippen LogP contribution in [0.25, 0.3) is 5.76 Å². The van der Waals surface area contributed by atoms with Crippen molar-refractivity contribution < 1.29 is 14.7 Å². The molecule has 0 saturated carbocycles. The highest BCUT2D eigenvalue weighted by atomic mass is 16.3. The fourth-order valence-corrected chi connectivity index (χ4v) is 4.02. The molecule has 0 bridgehead atoms. The average Bonchev–Trinajstić information content (AvgIpc) is 3.09. The van der Waals surface area contributed by atoms with Crippen LogP contribution in [0.5, 0.6) is 0 Å². The number of Topliss-reactive ketones (excluding diaryl/α,β-unsaturated/α-hetero) is 1. The molecular weight excluding hydrogens is 400 g/mol. The predicted octanol–water partition coefficient (Wildman–Crippen LogP) is 5.36. The first-order valence-electron chi connectivity index (χ1n) is 10.9. The first-order valence-corrected chi connectivity index (χ1v) is 10.9. The number of pyridine rings is 1. The monoisotopic (exact) mass is 426 g/mol. The summed E-state index contributed by atoms with van der Waals surface area (Å²) in [6.45, 7) is 4.10. The largest absolute Gasteiger partial charge is 0.507 e. The standard InChI is InChI=1S/C27H26N2O3/c1-3-4-6-19-10-14-22(15-11-19)29-24(21-7-5-16-28-17-21)23(26(31)27(29)32)25(30)20-12-8-18(2)9-13-20/h5,7-17,24,30H,3-4,6H2,1-2H3/t24-/m0/s1. The van der Waals surface area contributed by atoms with E-state index in [4.69, 9.17) is 0 Å². The van der Waals surface area contributed by atoms with Crippen LogP contribution in [0.2, 0.25) is 0 Å². The van der Waals surface area contributed by atoms with Crippen LogP contribution in [0.3, 0.4) is 0 Å². The zero-order valence-corrected chi connectivity index (χ0v) is 18.3. The molecule has 2 heterocycles. The van der Waals surface area contributed by atoms with Gasteiger partial charge in [0.15, 0.2) is 0 Å². The maximum atomic E-state index is 13.2. The van der Waals surface area contributed by atoms with Crippen LogP contribution in [-0.2, 0) is 16.0 Å². The summed E-state index contributed by atoms with van der Waals surface area (Å²) >= 11 is 0. The van der Waals surface area contributed by atoms with Crippen LogP contribution < -0.4 is 4.90 Å². The van der Waals surface area contributed by atoms with Gasteiger partial charge in [0.05, 0.1) is 11.6 Å². The number of rotatable bonds is 6. The van der Waals surface area contributed by atoms with Gasteiger partial charge in [0.25, 0.3) is 11.7 Å². The van der Waals surface area contributed by atoms with Crippen LogP contribution in [0.15, 0.2) is 78.6 Å². The molecule has 0 aliphatic carbocycles. The molecule has 4 rings (SSSR count). The van der Waals surface area contributed by atoms with Crippen molar-refractivity contribution in [2.45, 2.75) is 39.2 Å². The Hall–Kier alpha value is -3.73. The second-order valence-corrected chi connectivity index (χ2v) is 8.09. The molecule has 1 N–H and O–H groups in total. The smallest absolute Gasteiger partial charge is 0.300 e. The molecule has 5 nitrogen and oxygen atoms in total. The molecule has 3 aromatic rings. The van der Waals surface area contributed by atoms with Crippen molar-refractivity contribution in [1.29, 1.82) is 0 Å². The van der Waals surface area contributed by atoms with E-state index in [0.29, 0.717) is 16.8 Å². The quantitative estimate of drug-likeness (QED) is 0.327. The van der Waals surface area contributed by atoms with Gasteiger partial charge in [-0.25, -0.2) is 0 Å². The molecule has 162 valence electrons. The van der Waals surface area contributed by atoms with E-state index in [0.717, 1.165) is 24.8 Å². The van der Waals surface area contributed by atoms with Gasteiger partial charge in [-0.05, 0) is 49.1 Å². The van der Waals surface area contributed by atoms with Gasteiger partial charge >= 0.3 is 0 Å². The van der Waals surface area contributed by atoms with Crippen LogP contribution in [0.4, 0.5) is 5.69 Å². The maximum Gasteiger partial charge on any atom is 0.300 e. The van der Waals surface area contributed by atoms with Gasteiger partial charge < -0.3 is 5.11 Å². The molecule has 1 aromatic heterocycles. The summed E-state index contributed by atoms with van der Waals surface area (Å²) in [4.78, 5) is 31.9. The van der Waals surface area contributed by atoms with Crippen molar-refractivity contribution in [3.05, 3.63) is 101 Å². The Labute approximate surface area is 188 Å². The molecule has 0 radical (unpaired) electrons. The lowest BCUT2D eigenvalue weighted by Crippen LogP contribution is -2.29. The van der Waals surface area contributed by atoms with Gasteiger partial charge in [-0.2, -0.15) is 0 Å². The van der Waals surface area contributed by atoms with E-state index < -0.39 is 17.7 Å². The minimum atomic E-state index is -0.758. The fourth-order valence-electron chi connectivity index (χ4n) is 4.02. The lowest BCUT2D eigenvalue weighted by molar-refractivity contribution is -0.132. The minimum Gasteiger partial charge on any atom is -0.507 e. The number of aliphatic hydroxyl groups excluding tert-OH is 1. The molecule has 1 fully saturated rings. The summed E-state index contributed by atoms with van der Waals surface area (Å²) < 4.78 is 0. The number of hydrogen-bond acceptors (Lipinski definition) is 4. The van der Waals surface area contributed by atoms with Crippen molar-refractivity contribution in [3.63, 3.8) is 0 Å². The number of aromatic nitrogens is 1. The number of benzene rings is 2. The number of nitrogens with zero attached hydrogens (tertiary/aromatic N) is 2. The zero-order chi connectivity index (χ0) is 22.7. The maximum absolute atomic E-state index is 13.2. The Morgan fingerprint density at radius 3 is 2.38 bits per heavy atom. The number of unbranched alkanes of at least 4 members (excludes halogenated alkanes) is 1. The second kappa shape index (κ2) is 9.18. The van der Waals surface area contributed by atoms with Crippen molar-refractivity contribution in [3.8, 4) is 0 Å². The molecular formula is C27H26N2O3. The zero-order valence-electron chi connectivity index (χ0n) is 18.3. The molecule has 0 spiro atoms. The Morgan fingerprint density at radius 2 is 1.75 bits per heavy atom. The second-order valence-electron chi connectivity index (χ2n) is 8.09. The number of aryl methyl sites for hydroxylation is 2. The van der Waals surface area contributed by atoms with Crippen molar-refractivity contribution >= 4 is 23.1 Å². The molecule has 1 amide bonds. The molecule has 1 aliphatic heterocycles. The Morgan fingerprint density at radius 1 is 1.03 bits per heavy atom. The van der Waals surface area contributed by atoms with Gasteiger partial charge in [0, 0.05) is 23.6 Å². The number of ketones is 1. The molecule has 1 aliphatic rings. The van der Waals surface area contributed by atoms with E-state index in [9.17, 15) is 14.7 Å². The number of amides is 1. The third kappa shape index (κ3) is 4.06. The highest BCUT2D eigenvalue weighted by Crippen LogP contribution is 2.41. The number of anilines is 1. The van der Waals surface area contributed by atoms with E-state index in [2.05, 4.69) is 11.9 Å². The molecule has 1 atom stereocenters. The normalized spacial score (nSPS) is 17.7. The van der Waals surface area contributed by atoms with Gasteiger partial charge in [-0.15, -0.1) is 0 Å². The third-order valence-electron chi connectivity index (χ3n) is 5.80. The Kier molecular flexibility index (Phi) is 6.17. The molecule has 2 aromatic carbocycles. The van der Waals surface area contributed by atoms with Gasteiger partial charge in [-0.1, -0.05) is 61.4 Å². The predicted molar refractivity (Wildman–Crippen MR) is 125 cm³/mol. The lowest BCUT2D eigenvalue weighted by atomic mass is 9.96. The third-order valence-corrected chi connectivity index (χ3v) is 5.80. The summed E-state index contributed by atoms with van der Waals surface area (Å²) in [5.41, 5.74) is 4.07. The number of carbonyl (C=O) groups excluding carboxylic acids is 2. The van der Waals surface area contributed by atoms with Gasteiger partial charge in [-0.3, -0.25) is 19.5 Å². The Balaban J connectivity index is 1.83. The summed E-state index contributed by atoms with van der Waals surface area (Å²) in [7, 11) is 0. The van der Waals surface area contributed by atoms with Crippen molar-refractivity contribution in [2.75, 3.05) is 4.90 Å². The topological polar surface area (TPSA) is 70.5 Å². The summed E-state index contributed by atoms with van der Waals surface area (Å²) in [6, 6.07) is 17.8. The highest BCUT2D eigenvalue weighted by Gasteiger charge is 2.47. The first kappa shape index (κ1) is 21.5. The highest BCUT2D eigenvalue weighted by molar-refractivity contribution is 6.51. The number of aliphatic hydroxyl groups is 1. The average molecular weight is 427 g/mol. The van der Waals surface area contributed by atoms with E-state index in [-0.39, 0.29) is 11.3 Å². The van der Waals surface area contributed by atoms with Crippen LogP contribution in [0.1, 0.15) is 48.1 Å². The molecule has 5 heteroatoms. The minimum absolute atomic E-state index is 0.0712.